The van der Waals surface area contributed by atoms with Gasteiger partial charge in [0.1, 0.15) is 0 Å². The van der Waals surface area contributed by atoms with Crippen molar-refractivity contribution in [3.8, 4) is 11.5 Å². The van der Waals surface area contributed by atoms with Gasteiger partial charge in [-0.3, -0.25) is 0 Å². The summed E-state index contributed by atoms with van der Waals surface area (Å²) in [5, 5.41) is 0. The molecule has 3 heteroatoms. The molecule has 0 N–H and O–H groups in total. The number of halogens is 1. The Morgan fingerprint density at radius 3 is 2.00 bits per heavy atom. The van der Waals surface area contributed by atoms with Gasteiger partial charge in [-0.15, -0.1) is 0 Å². The molecule has 0 atom stereocenters. The first-order valence-electron chi connectivity index (χ1n) is 4.57. The van der Waals surface area contributed by atoms with Gasteiger partial charge >= 0.3 is 0 Å². The van der Waals surface area contributed by atoms with Crippen LogP contribution < -0.4 is 9.47 Å². The fraction of sp³-hybridized carbons (Fsp3) is 0.455. The molecule has 0 unspecified atom stereocenters. The second-order valence-corrected chi connectivity index (χ2v) is 3.62. The van der Waals surface area contributed by atoms with Crippen molar-refractivity contribution in [3.05, 3.63) is 22.7 Å². The van der Waals surface area contributed by atoms with Gasteiger partial charge in [-0.1, -0.05) is 36.2 Å². The van der Waals surface area contributed by atoms with Crippen molar-refractivity contribution in [3.63, 3.8) is 0 Å². The Bertz CT molecular complexity index is 261. The average molecular weight is 261 g/mol. The lowest BCUT2D eigenvalue weighted by Gasteiger charge is -2.06. The maximum atomic E-state index is 5.06. The predicted molar refractivity (Wildman–Crippen MR) is 63.2 cm³/mol. The van der Waals surface area contributed by atoms with Crippen LogP contribution in [0.25, 0.3) is 0 Å². The highest BCUT2D eigenvalue weighted by molar-refractivity contribution is 9.10. The van der Waals surface area contributed by atoms with Crippen LogP contribution in [0.5, 0.6) is 11.5 Å². The molecule has 1 aromatic rings. The standard InChI is InChI=1S/C8H9BrO2.C3H8/c1-10-7-4-3-6(9)5-8(7)11-2;1-3-2/h3-5H,1-2H3;3H2,1-2H3. The van der Waals surface area contributed by atoms with E-state index < -0.39 is 0 Å². The molecule has 0 amide bonds. The third kappa shape index (κ3) is 4.51. The largest absolute Gasteiger partial charge is 0.493 e. The normalized spacial score (nSPS) is 8.64. The van der Waals surface area contributed by atoms with Crippen LogP contribution >= 0.6 is 15.9 Å². The first-order chi connectivity index (χ1) is 6.69. The molecular weight excluding hydrogens is 244 g/mol. The van der Waals surface area contributed by atoms with Crippen LogP contribution in [0.3, 0.4) is 0 Å². The van der Waals surface area contributed by atoms with Crippen LogP contribution in [0.2, 0.25) is 0 Å². The van der Waals surface area contributed by atoms with Gasteiger partial charge in [0, 0.05) is 4.47 Å². The molecule has 0 aliphatic heterocycles. The van der Waals surface area contributed by atoms with Gasteiger partial charge in [0.15, 0.2) is 11.5 Å². The molecule has 80 valence electrons. The maximum Gasteiger partial charge on any atom is 0.161 e. The van der Waals surface area contributed by atoms with E-state index in [2.05, 4.69) is 29.8 Å². The number of ether oxygens (including phenoxy) is 2. The fourth-order valence-corrected chi connectivity index (χ4v) is 1.15. The van der Waals surface area contributed by atoms with Gasteiger partial charge in [0.2, 0.25) is 0 Å². The molecule has 0 bridgehead atoms. The molecule has 0 spiro atoms. The van der Waals surface area contributed by atoms with Crippen LogP contribution in [0.4, 0.5) is 0 Å². The van der Waals surface area contributed by atoms with E-state index in [0.29, 0.717) is 0 Å². The smallest absolute Gasteiger partial charge is 0.161 e. The molecular formula is C11H17BrO2. The highest BCUT2D eigenvalue weighted by Gasteiger charge is 2.01. The Balaban J connectivity index is 0.000000500. The van der Waals surface area contributed by atoms with Gasteiger partial charge in [-0.2, -0.15) is 0 Å². The van der Waals surface area contributed by atoms with Crippen LogP contribution in [0.15, 0.2) is 22.7 Å². The van der Waals surface area contributed by atoms with Crippen molar-refractivity contribution >= 4 is 15.9 Å². The summed E-state index contributed by atoms with van der Waals surface area (Å²) in [5.41, 5.74) is 0. The lowest BCUT2D eigenvalue weighted by Crippen LogP contribution is -1.89. The van der Waals surface area contributed by atoms with Gasteiger partial charge in [0.25, 0.3) is 0 Å². The second kappa shape index (κ2) is 7.68. The highest BCUT2D eigenvalue weighted by Crippen LogP contribution is 2.29. The Labute approximate surface area is 94.4 Å². The van der Waals surface area contributed by atoms with Crippen LogP contribution in [-0.2, 0) is 0 Å². The van der Waals surface area contributed by atoms with E-state index in [0.717, 1.165) is 16.0 Å². The van der Waals surface area contributed by atoms with Crippen molar-refractivity contribution in [2.75, 3.05) is 14.2 Å². The minimum absolute atomic E-state index is 0.738. The molecule has 14 heavy (non-hydrogen) atoms. The number of hydrogen-bond acceptors (Lipinski definition) is 2. The van der Waals surface area contributed by atoms with Crippen LogP contribution in [-0.4, -0.2) is 14.2 Å². The minimum Gasteiger partial charge on any atom is -0.493 e. The minimum atomic E-state index is 0.738. The molecule has 2 nitrogen and oxygen atoms in total. The average Bonchev–Trinajstić information content (AvgIpc) is 2.19. The monoisotopic (exact) mass is 260 g/mol. The van der Waals surface area contributed by atoms with Gasteiger partial charge < -0.3 is 9.47 Å². The van der Waals surface area contributed by atoms with Crippen molar-refractivity contribution in [2.45, 2.75) is 20.3 Å². The summed E-state index contributed by atoms with van der Waals surface area (Å²) < 4.78 is 11.1. The van der Waals surface area contributed by atoms with Crippen molar-refractivity contribution in [1.82, 2.24) is 0 Å². The zero-order chi connectivity index (χ0) is 11.0. The van der Waals surface area contributed by atoms with E-state index in [9.17, 15) is 0 Å². The SMILES string of the molecule is CCC.COc1ccc(Br)cc1OC. The Kier molecular flexibility index (Phi) is 7.30. The highest BCUT2D eigenvalue weighted by atomic mass is 79.9. The van der Waals surface area contributed by atoms with Crippen molar-refractivity contribution in [2.24, 2.45) is 0 Å². The molecule has 1 aromatic carbocycles. The van der Waals surface area contributed by atoms with Crippen molar-refractivity contribution in [1.29, 1.82) is 0 Å². The zero-order valence-corrected chi connectivity index (χ0v) is 10.7. The summed E-state index contributed by atoms with van der Waals surface area (Å²) in [6, 6.07) is 5.61. The molecule has 0 fully saturated rings. The number of rotatable bonds is 2. The Hall–Kier alpha value is -0.700. The predicted octanol–water partition coefficient (Wildman–Crippen LogP) is 3.88. The number of methoxy groups -OCH3 is 2. The molecule has 0 aliphatic rings. The summed E-state index contributed by atoms with van der Waals surface area (Å²) in [5.74, 6) is 1.48. The molecule has 0 aromatic heterocycles. The Morgan fingerprint density at radius 2 is 1.57 bits per heavy atom. The lowest BCUT2D eigenvalue weighted by atomic mass is 10.3. The van der Waals surface area contributed by atoms with Gasteiger partial charge in [-0.25, -0.2) is 0 Å². The Morgan fingerprint density at radius 1 is 1.07 bits per heavy atom. The summed E-state index contributed by atoms with van der Waals surface area (Å²) in [6.45, 7) is 4.25. The van der Waals surface area contributed by atoms with Crippen LogP contribution in [0, 0.1) is 0 Å². The van der Waals surface area contributed by atoms with Crippen LogP contribution in [0.1, 0.15) is 20.3 Å². The topological polar surface area (TPSA) is 18.5 Å². The summed E-state index contributed by atoms with van der Waals surface area (Å²) >= 11 is 3.33. The van der Waals surface area contributed by atoms with E-state index in [-0.39, 0.29) is 0 Å². The van der Waals surface area contributed by atoms with E-state index >= 15 is 0 Å². The van der Waals surface area contributed by atoms with E-state index in [1.54, 1.807) is 14.2 Å². The van der Waals surface area contributed by atoms with E-state index in [1.165, 1.54) is 6.42 Å². The summed E-state index contributed by atoms with van der Waals surface area (Å²) in [4.78, 5) is 0. The third-order valence-electron chi connectivity index (χ3n) is 1.35. The first-order valence-corrected chi connectivity index (χ1v) is 5.36. The van der Waals surface area contributed by atoms with Gasteiger partial charge in [0.05, 0.1) is 14.2 Å². The summed E-state index contributed by atoms with van der Waals surface area (Å²) in [7, 11) is 3.23. The van der Waals surface area contributed by atoms with E-state index in [4.69, 9.17) is 9.47 Å². The maximum absolute atomic E-state index is 5.06. The van der Waals surface area contributed by atoms with E-state index in [1.807, 2.05) is 18.2 Å². The third-order valence-corrected chi connectivity index (χ3v) is 1.84. The summed E-state index contributed by atoms with van der Waals surface area (Å²) in [6.07, 6.45) is 1.25. The van der Waals surface area contributed by atoms with Gasteiger partial charge in [-0.05, 0) is 18.2 Å². The fourth-order valence-electron chi connectivity index (χ4n) is 0.810. The number of hydrogen-bond donors (Lipinski definition) is 0. The molecule has 0 saturated heterocycles. The molecule has 0 aliphatic carbocycles. The second-order valence-electron chi connectivity index (χ2n) is 2.71. The lowest BCUT2D eigenvalue weighted by molar-refractivity contribution is 0.354. The molecule has 0 saturated carbocycles. The number of benzene rings is 1. The molecule has 0 radical (unpaired) electrons. The van der Waals surface area contributed by atoms with Crippen molar-refractivity contribution < 1.29 is 9.47 Å². The quantitative estimate of drug-likeness (QED) is 0.804. The zero-order valence-electron chi connectivity index (χ0n) is 9.13. The first kappa shape index (κ1) is 13.3. The molecule has 0 heterocycles. The molecule has 1 rings (SSSR count).